The van der Waals surface area contributed by atoms with Crippen LogP contribution in [0.1, 0.15) is 52.1 Å². The Kier molecular flexibility index (Phi) is 8.05. The third-order valence-electron chi connectivity index (χ3n) is 2.74. The highest BCUT2D eigenvalue weighted by Gasteiger charge is 2.13. The van der Waals surface area contributed by atoms with Crippen LogP contribution >= 0.6 is 12.4 Å². The lowest BCUT2D eigenvalue weighted by atomic mass is 9.98. The van der Waals surface area contributed by atoms with E-state index in [0.29, 0.717) is 5.92 Å². The molecule has 1 aromatic carbocycles. The Morgan fingerprint density at radius 2 is 1.67 bits per heavy atom. The van der Waals surface area contributed by atoms with Gasteiger partial charge in [-0.25, -0.2) is 0 Å². The predicted molar refractivity (Wildman–Crippen MR) is 80.5 cm³/mol. The molecule has 0 aliphatic heterocycles. The Labute approximate surface area is 117 Å². The van der Waals surface area contributed by atoms with Gasteiger partial charge in [-0.15, -0.1) is 12.4 Å². The summed E-state index contributed by atoms with van der Waals surface area (Å²) in [6, 6.07) is 8.17. The summed E-state index contributed by atoms with van der Waals surface area (Å²) in [5.74, 6) is 1.62. The van der Waals surface area contributed by atoms with Crippen molar-refractivity contribution in [3.05, 3.63) is 29.8 Å². The molecule has 104 valence electrons. The number of para-hydroxylation sites is 1. The fourth-order valence-corrected chi connectivity index (χ4v) is 1.82. The van der Waals surface area contributed by atoms with Crippen LogP contribution in [0.5, 0.6) is 5.75 Å². The molecule has 0 radical (unpaired) electrons. The van der Waals surface area contributed by atoms with Crippen LogP contribution in [-0.2, 0) is 0 Å². The van der Waals surface area contributed by atoms with Crippen LogP contribution in [-0.4, -0.2) is 6.10 Å². The lowest BCUT2D eigenvalue weighted by molar-refractivity contribution is 0.238. The minimum Gasteiger partial charge on any atom is -0.491 e. The fourth-order valence-electron chi connectivity index (χ4n) is 1.82. The molecule has 3 heteroatoms. The lowest BCUT2D eigenvalue weighted by Gasteiger charge is -2.19. The summed E-state index contributed by atoms with van der Waals surface area (Å²) in [4.78, 5) is 0. The van der Waals surface area contributed by atoms with Crippen LogP contribution in [0, 0.1) is 5.92 Å². The zero-order valence-electron chi connectivity index (χ0n) is 11.8. The largest absolute Gasteiger partial charge is 0.491 e. The van der Waals surface area contributed by atoms with E-state index in [-0.39, 0.29) is 24.6 Å². The maximum absolute atomic E-state index is 6.24. The number of hydrogen-bond donors (Lipinski definition) is 1. The smallest absolute Gasteiger partial charge is 0.124 e. The van der Waals surface area contributed by atoms with Crippen molar-refractivity contribution in [3.8, 4) is 5.75 Å². The van der Waals surface area contributed by atoms with E-state index in [2.05, 4.69) is 19.9 Å². The Balaban J connectivity index is 0.00000289. The highest BCUT2D eigenvalue weighted by molar-refractivity contribution is 5.85. The maximum Gasteiger partial charge on any atom is 0.124 e. The molecule has 0 aromatic heterocycles. The van der Waals surface area contributed by atoms with Crippen molar-refractivity contribution in [1.29, 1.82) is 0 Å². The summed E-state index contributed by atoms with van der Waals surface area (Å²) in [7, 11) is 0. The van der Waals surface area contributed by atoms with Crippen molar-refractivity contribution in [2.24, 2.45) is 11.7 Å². The van der Waals surface area contributed by atoms with Gasteiger partial charge in [-0.1, -0.05) is 32.0 Å². The Hall–Kier alpha value is -0.730. The molecule has 0 amide bonds. The molecule has 0 unspecified atom stereocenters. The van der Waals surface area contributed by atoms with Gasteiger partial charge >= 0.3 is 0 Å². The number of ether oxygens (including phenoxy) is 1. The lowest BCUT2D eigenvalue weighted by Crippen LogP contribution is -2.15. The number of rotatable bonds is 6. The third kappa shape index (κ3) is 5.74. The van der Waals surface area contributed by atoms with E-state index in [1.54, 1.807) is 0 Å². The SMILES string of the molecule is CC(C)CC[C@@H](N)c1ccccc1OC(C)C.Cl. The van der Waals surface area contributed by atoms with Gasteiger partial charge in [-0.3, -0.25) is 0 Å². The van der Waals surface area contributed by atoms with Gasteiger partial charge < -0.3 is 10.5 Å². The molecule has 0 saturated heterocycles. The normalized spacial score (nSPS) is 12.4. The first-order valence-electron chi connectivity index (χ1n) is 6.52. The van der Waals surface area contributed by atoms with Crippen molar-refractivity contribution in [2.75, 3.05) is 0 Å². The summed E-state index contributed by atoms with van der Waals surface area (Å²) in [6.45, 7) is 8.53. The topological polar surface area (TPSA) is 35.2 Å². The van der Waals surface area contributed by atoms with Gasteiger partial charge in [0.25, 0.3) is 0 Å². The van der Waals surface area contributed by atoms with Crippen molar-refractivity contribution in [1.82, 2.24) is 0 Å². The Morgan fingerprint density at radius 3 is 2.22 bits per heavy atom. The van der Waals surface area contributed by atoms with E-state index in [4.69, 9.17) is 10.5 Å². The standard InChI is InChI=1S/C15H25NO.ClH/c1-11(2)9-10-14(16)13-7-5-6-8-15(13)17-12(3)4;/h5-8,11-12,14H,9-10,16H2,1-4H3;1H/t14-;/m1./s1. The molecule has 0 bridgehead atoms. The molecule has 0 spiro atoms. The third-order valence-corrected chi connectivity index (χ3v) is 2.74. The molecule has 18 heavy (non-hydrogen) atoms. The van der Waals surface area contributed by atoms with Crippen LogP contribution in [0.2, 0.25) is 0 Å². The molecule has 1 aromatic rings. The number of halogens is 1. The second-order valence-corrected chi connectivity index (χ2v) is 5.28. The van der Waals surface area contributed by atoms with Crippen LogP contribution in [0.15, 0.2) is 24.3 Å². The van der Waals surface area contributed by atoms with Crippen molar-refractivity contribution < 1.29 is 4.74 Å². The highest BCUT2D eigenvalue weighted by Crippen LogP contribution is 2.28. The van der Waals surface area contributed by atoms with E-state index in [0.717, 1.165) is 24.2 Å². The van der Waals surface area contributed by atoms with E-state index >= 15 is 0 Å². The van der Waals surface area contributed by atoms with Gasteiger partial charge in [-0.05, 0) is 38.7 Å². The first kappa shape index (κ1) is 17.3. The summed E-state index contributed by atoms with van der Waals surface area (Å²) < 4.78 is 5.79. The molecule has 2 nitrogen and oxygen atoms in total. The molecule has 0 saturated carbocycles. The number of benzene rings is 1. The molecule has 2 N–H and O–H groups in total. The molecule has 0 heterocycles. The Morgan fingerprint density at radius 1 is 1.06 bits per heavy atom. The zero-order valence-corrected chi connectivity index (χ0v) is 12.7. The van der Waals surface area contributed by atoms with Crippen molar-refractivity contribution >= 4 is 12.4 Å². The first-order chi connectivity index (χ1) is 8.00. The number of hydrogen-bond acceptors (Lipinski definition) is 2. The van der Waals surface area contributed by atoms with Gasteiger partial charge in [0.15, 0.2) is 0 Å². The van der Waals surface area contributed by atoms with Crippen LogP contribution < -0.4 is 10.5 Å². The van der Waals surface area contributed by atoms with Crippen LogP contribution in [0.25, 0.3) is 0 Å². The van der Waals surface area contributed by atoms with E-state index in [1.165, 1.54) is 0 Å². The minimum atomic E-state index is 0. The molecular formula is C15H26ClNO. The van der Waals surface area contributed by atoms with E-state index in [1.807, 2.05) is 32.0 Å². The van der Waals surface area contributed by atoms with Crippen molar-refractivity contribution in [3.63, 3.8) is 0 Å². The maximum atomic E-state index is 6.24. The quantitative estimate of drug-likeness (QED) is 0.836. The van der Waals surface area contributed by atoms with Gasteiger partial charge in [0.05, 0.1) is 6.10 Å². The van der Waals surface area contributed by atoms with Crippen molar-refractivity contribution in [2.45, 2.75) is 52.7 Å². The summed E-state index contributed by atoms with van der Waals surface area (Å²) in [5.41, 5.74) is 7.37. The predicted octanol–water partition coefficient (Wildman–Crippen LogP) is 4.33. The minimum absolute atomic E-state index is 0. The summed E-state index contributed by atoms with van der Waals surface area (Å²) in [6.07, 6.45) is 2.35. The second kappa shape index (κ2) is 8.39. The summed E-state index contributed by atoms with van der Waals surface area (Å²) in [5, 5.41) is 0. The first-order valence-corrected chi connectivity index (χ1v) is 6.52. The molecule has 1 atom stereocenters. The molecular weight excluding hydrogens is 246 g/mol. The zero-order chi connectivity index (χ0) is 12.8. The fraction of sp³-hybridized carbons (Fsp3) is 0.600. The average molecular weight is 272 g/mol. The molecule has 0 aliphatic carbocycles. The van der Waals surface area contributed by atoms with Crippen LogP contribution in [0.4, 0.5) is 0 Å². The highest BCUT2D eigenvalue weighted by atomic mass is 35.5. The van der Waals surface area contributed by atoms with E-state index < -0.39 is 0 Å². The molecule has 1 rings (SSSR count). The average Bonchev–Trinajstić information content (AvgIpc) is 2.25. The Bertz CT molecular complexity index is 339. The van der Waals surface area contributed by atoms with Gasteiger partial charge in [0, 0.05) is 11.6 Å². The van der Waals surface area contributed by atoms with E-state index in [9.17, 15) is 0 Å². The van der Waals surface area contributed by atoms with Gasteiger partial charge in [-0.2, -0.15) is 0 Å². The molecule has 0 aliphatic rings. The number of nitrogens with two attached hydrogens (primary N) is 1. The molecule has 0 fully saturated rings. The van der Waals surface area contributed by atoms with Gasteiger partial charge in [0.2, 0.25) is 0 Å². The van der Waals surface area contributed by atoms with Gasteiger partial charge in [0.1, 0.15) is 5.75 Å². The monoisotopic (exact) mass is 271 g/mol. The summed E-state index contributed by atoms with van der Waals surface area (Å²) >= 11 is 0. The van der Waals surface area contributed by atoms with Crippen LogP contribution in [0.3, 0.4) is 0 Å². The second-order valence-electron chi connectivity index (χ2n) is 5.28.